The summed E-state index contributed by atoms with van der Waals surface area (Å²) in [4.78, 5) is 8.73. The lowest BCUT2D eigenvalue weighted by molar-refractivity contribution is 0.158. The van der Waals surface area contributed by atoms with Crippen LogP contribution in [0.3, 0.4) is 0 Å². The van der Waals surface area contributed by atoms with Gasteiger partial charge in [-0.15, -0.1) is 0 Å². The first-order valence-corrected chi connectivity index (χ1v) is 7.64. The zero-order valence-electron chi connectivity index (χ0n) is 13.0. The summed E-state index contributed by atoms with van der Waals surface area (Å²) in [5.41, 5.74) is 7.85. The van der Waals surface area contributed by atoms with Gasteiger partial charge in [-0.1, -0.05) is 42.5 Å². The van der Waals surface area contributed by atoms with E-state index >= 15 is 0 Å². The number of nitrogens with one attached hydrogen (secondary N) is 1. The van der Waals surface area contributed by atoms with E-state index < -0.39 is 6.10 Å². The Hall–Kier alpha value is -2.66. The lowest BCUT2D eigenvalue weighted by Gasteiger charge is -2.20. The highest BCUT2D eigenvalue weighted by Crippen LogP contribution is 2.19. The van der Waals surface area contributed by atoms with Crippen molar-refractivity contribution in [3.05, 3.63) is 60.2 Å². The largest absolute Gasteiger partial charge is 0.391 e. The zero-order chi connectivity index (χ0) is 16.2. The van der Waals surface area contributed by atoms with Crippen LogP contribution in [0.1, 0.15) is 12.5 Å². The van der Waals surface area contributed by atoms with Gasteiger partial charge >= 0.3 is 0 Å². The fraction of sp³-hybridized carbons (Fsp3) is 0.222. The number of aliphatic hydroxyl groups excluding tert-OH is 1. The van der Waals surface area contributed by atoms with Gasteiger partial charge in [-0.05, 0) is 24.6 Å². The van der Waals surface area contributed by atoms with Gasteiger partial charge in [0.2, 0.25) is 5.95 Å². The van der Waals surface area contributed by atoms with Gasteiger partial charge in [-0.25, -0.2) is 4.98 Å². The van der Waals surface area contributed by atoms with Crippen LogP contribution in [0.4, 0.5) is 11.8 Å². The summed E-state index contributed by atoms with van der Waals surface area (Å²) in [7, 11) is 0. The van der Waals surface area contributed by atoms with E-state index in [0.29, 0.717) is 18.2 Å². The van der Waals surface area contributed by atoms with E-state index in [1.54, 1.807) is 0 Å². The maximum Gasteiger partial charge on any atom is 0.225 e. The molecule has 5 heteroatoms. The first-order chi connectivity index (χ1) is 11.1. The number of nitrogens with zero attached hydrogens (tertiary/aromatic N) is 2. The van der Waals surface area contributed by atoms with Crippen LogP contribution < -0.4 is 11.1 Å². The van der Waals surface area contributed by atoms with Crippen molar-refractivity contribution in [1.82, 2.24) is 9.97 Å². The van der Waals surface area contributed by atoms with Gasteiger partial charge in [0.25, 0.3) is 0 Å². The minimum Gasteiger partial charge on any atom is -0.391 e. The third-order valence-corrected chi connectivity index (χ3v) is 3.85. The van der Waals surface area contributed by atoms with Gasteiger partial charge in [0, 0.05) is 11.8 Å². The summed E-state index contributed by atoms with van der Waals surface area (Å²) in [6.07, 6.45) is 0.0200. The summed E-state index contributed by atoms with van der Waals surface area (Å²) in [5.74, 6) is 0.865. The van der Waals surface area contributed by atoms with E-state index in [4.69, 9.17) is 5.73 Å². The number of nitrogen functional groups attached to an aromatic ring is 1. The average Bonchev–Trinajstić information content (AvgIpc) is 2.56. The van der Waals surface area contributed by atoms with Gasteiger partial charge < -0.3 is 16.2 Å². The topological polar surface area (TPSA) is 84.1 Å². The Kier molecular flexibility index (Phi) is 4.39. The monoisotopic (exact) mass is 308 g/mol. The standard InChI is InChI=1S/C18H20N4O/c1-12(16(23)11-13-7-3-2-4-8-13)20-18-21-15-10-6-5-9-14(15)17(19)22-18/h2-10,12,16,23H,11H2,1H3,(H3,19,20,21,22)/t12-,16-/m1/s1. The maximum absolute atomic E-state index is 10.4. The molecular formula is C18H20N4O. The Balaban J connectivity index is 1.73. The normalized spacial score (nSPS) is 13.7. The molecule has 3 rings (SSSR count). The maximum atomic E-state index is 10.4. The lowest BCUT2D eigenvalue weighted by atomic mass is 10.0. The molecule has 23 heavy (non-hydrogen) atoms. The summed E-state index contributed by atoms with van der Waals surface area (Å²) < 4.78 is 0. The van der Waals surface area contributed by atoms with Gasteiger partial charge in [-0.3, -0.25) is 0 Å². The second-order valence-electron chi connectivity index (χ2n) is 5.64. The molecule has 0 saturated carbocycles. The van der Waals surface area contributed by atoms with Crippen LogP contribution in [0, 0.1) is 0 Å². The van der Waals surface area contributed by atoms with Crippen molar-refractivity contribution < 1.29 is 5.11 Å². The third-order valence-electron chi connectivity index (χ3n) is 3.85. The van der Waals surface area contributed by atoms with Crippen LogP contribution in [0.2, 0.25) is 0 Å². The molecule has 1 aromatic heterocycles. The second kappa shape index (κ2) is 6.62. The number of para-hydroxylation sites is 1. The molecule has 1 heterocycles. The molecule has 0 aliphatic carbocycles. The van der Waals surface area contributed by atoms with E-state index in [2.05, 4.69) is 15.3 Å². The van der Waals surface area contributed by atoms with Crippen molar-refractivity contribution >= 4 is 22.7 Å². The summed E-state index contributed by atoms with van der Waals surface area (Å²) in [5, 5.41) is 14.3. The Bertz CT molecular complexity index is 791. The molecule has 0 fully saturated rings. The molecule has 0 aliphatic heterocycles. The molecule has 0 spiro atoms. The Morgan fingerprint density at radius 1 is 1.04 bits per heavy atom. The molecular weight excluding hydrogens is 288 g/mol. The van der Waals surface area contributed by atoms with Gasteiger partial charge in [0.1, 0.15) is 5.82 Å². The molecule has 2 atom stereocenters. The molecule has 0 amide bonds. The summed E-state index contributed by atoms with van der Waals surface area (Å²) >= 11 is 0. The van der Waals surface area contributed by atoms with E-state index in [9.17, 15) is 5.11 Å². The number of aromatic nitrogens is 2. The minimum absolute atomic E-state index is 0.198. The fourth-order valence-corrected chi connectivity index (χ4v) is 2.50. The van der Waals surface area contributed by atoms with Crippen LogP contribution in [0.25, 0.3) is 10.9 Å². The molecule has 0 radical (unpaired) electrons. The van der Waals surface area contributed by atoms with Crippen LogP contribution in [-0.4, -0.2) is 27.2 Å². The van der Waals surface area contributed by atoms with E-state index in [-0.39, 0.29) is 6.04 Å². The number of hydrogen-bond donors (Lipinski definition) is 3. The van der Waals surface area contributed by atoms with Crippen LogP contribution in [-0.2, 0) is 6.42 Å². The SMILES string of the molecule is C[C@@H](Nc1nc(N)c2ccccc2n1)[C@H](O)Cc1ccccc1. The minimum atomic E-state index is -0.548. The van der Waals surface area contributed by atoms with Gasteiger partial charge in [0.15, 0.2) is 0 Å². The van der Waals surface area contributed by atoms with Gasteiger partial charge in [-0.2, -0.15) is 4.98 Å². The number of aliphatic hydroxyl groups is 1. The number of rotatable bonds is 5. The zero-order valence-corrected chi connectivity index (χ0v) is 13.0. The van der Waals surface area contributed by atoms with Crippen molar-refractivity contribution in [3.63, 3.8) is 0 Å². The molecule has 0 aliphatic rings. The van der Waals surface area contributed by atoms with Crippen LogP contribution >= 0.6 is 0 Å². The second-order valence-corrected chi connectivity index (χ2v) is 5.64. The molecule has 0 bridgehead atoms. The van der Waals surface area contributed by atoms with E-state index in [1.165, 1.54) is 0 Å². The average molecular weight is 308 g/mol. The quantitative estimate of drug-likeness (QED) is 0.675. The Labute approximate surface area is 135 Å². The Morgan fingerprint density at radius 2 is 1.74 bits per heavy atom. The number of benzene rings is 2. The first-order valence-electron chi connectivity index (χ1n) is 7.64. The smallest absolute Gasteiger partial charge is 0.225 e. The van der Waals surface area contributed by atoms with Crippen LogP contribution in [0.15, 0.2) is 54.6 Å². The highest BCUT2D eigenvalue weighted by atomic mass is 16.3. The number of nitrogens with two attached hydrogens (primary N) is 1. The molecule has 118 valence electrons. The highest BCUT2D eigenvalue weighted by molar-refractivity contribution is 5.88. The molecule has 3 aromatic rings. The molecule has 0 unspecified atom stereocenters. The first kappa shape index (κ1) is 15.2. The number of hydrogen-bond acceptors (Lipinski definition) is 5. The van der Waals surface area contributed by atoms with E-state index in [1.807, 2.05) is 61.5 Å². The molecule has 4 N–H and O–H groups in total. The highest BCUT2D eigenvalue weighted by Gasteiger charge is 2.16. The van der Waals surface area contributed by atoms with Crippen molar-refractivity contribution in [2.24, 2.45) is 0 Å². The summed E-state index contributed by atoms with van der Waals surface area (Å²) in [6, 6.07) is 17.3. The number of fused-ring (bicyclic) bond motifs is 1. The van der Waals surface area contributed by atoms with Crippen molar-refractivity contribution in [2.75, 3.05) is 11.1 Å². The molecule has 2 aromatic carbocycles. The fourth-order valence-electron chi connectivity index (χ4n) is 2.50. The summed E-state index contributed by atoms with van der Waals surface area (Å²) in [6.45, 7) is 1.91. The predicted octanol–water partition coefficient (Wildman–Crippen LogP) is 2.62. The van der Waals surface area contributed by atoms with E-state index in [0.717, 1.165) is 16.5 Å². The molecule has 0 saturated heterocycles. The number of anilines is 2. The predicted molar refractivity (Wildman–Crippen MR) is 93.2 cm³/mol. The van der Waals surface area contributed by atoms with Crippen LogP contribution in [0.5, 0.6) is 0 Å². The molecule has 5 nitrogen and oxygen atoms in total. The van der Waals surface area contributed by atoms with Crippen molar-refractivity contribution in [3.8, 4) is 0 Å². The lowest BCUT2D eigenvalue weighted by Crippen LogP contribution is -2.33. The Morgan fingerprint density at radius 3 is 2.52 bits per heavy atom. The van der Waals surface area contributed by atoms with Gasteiger partial charge in [0.05, 0.1) is 17.7 Å². The van der Waals surface area contributed by atoms with Crippen molar-refractivity contribution in [2.45, 2.75) is 25.5 Å². The third kappa shape index (κ3) is 3.57. The van der Waals surface area contributed by atoms with Crippen molar-refractivity contribution in [1.29, 1.82) is 0 Å².